The van der Waals surface area contributed by atoms with Gasteiger partial charge in [-0.05, 0) is 30.3 Å². The molecule has 0 radical (unpaired) electrons. The number of aromatic amines is 1. The first-order valence-corrected chi connectivity index (χ1v) is 6.20. The van der Waals surface area contributed by atoms with Crippen molar-refractivity contribution < 1.29 is 18.3 Å². The third kappa shape index (κ3) is 2.18. The Morgan fingerprint density at radius 3 is 2.48 bits per heavy atom. The van der Waals surface area contributed by atoms with E-state index in [4.69, 9.17) is 9.47 Å². The fourth-order valence-electron chi connectivity index (χ4n) is 2.14. The number of methoxy groups -OCH3 is 2. The van der Waals surface area contributed by atoms with E-state index in [-0.39, 0.29) is 5.52 Å². The molecule has 0 saturated heterocycles. The number of nitrogens with zero attached hydrogens (tertiary/aromatic N) is 1. The molecule has 0 saturated carbocycles. The van der Waals surface area contributed by atoms with Gasteiger partial charge >= 0.3 is 0 Å². The molecular formula is C15H12F2N2O2. The van der Waals surface area contributed by atoms with Gasteiger partial charge in [0.15, 0.2) is 23.1 Å². The van der Waals surface area contributed by atoms with Gasteiger partial charge in [-0.2, -0.15) is 0 Å². The second-order valence-electron chi connectivity index (χ2n) is 4.41. The maximum absolute atomic E-state index is 13.7. The summed E-state index contributed by atoms with van der Waals surface area (Å²) in [6.45, 7) is 0. The van der Waals surface area contributed by atoms with E-state index in [9.17, 15) is 8.78 Å². The van der Waals surface area contributed by atoms with Gasteiger partial charge in [0.2, 0.25) is 0 Å². The van der Waals surface area contributed by atoms with Crippen LogP contribution in [0.5, 0.6) is 11.5 Å². The Balaban J connectivity index is 2.14. The molecule has 0 aliphatic heterocycles. The quantitative estimate of drug-likeness (QED) is 0.802. The lowest BCUT2D eigenvalue weighted by Crippen LogP contribution is -1.91. The summed E-state index contributed by atoms with van der Waals surface area (Å²) in [6.07, 6.45) is 0. The van der Waals surface area contributed by atoms with Crippen LogP contribution < -0.4 is 9.47 Å². The van der Waals surface area contributed by atoms with Crippen molar-refractivity contribution in [3.8, 4) is 22.9 Å². The zero-order chi connectivity index (χ0) is 15.0. The average Bonchev–Trinajstić information content (AvgIpc) is 2.95. The van der Waals surface area contributed by atoms with Gasteiger partial charge in [-0.3, -0.25) is 0 Å². The van der Waals surface area contributed by atoms with Gasteiger partial charge in [0.05, 0.1) is 19.7 Å². The number of ether oxygens (including phenoxy) is 2. The van der Waals surface area contributed by atoms with Gasteiger partial charge < -0.3 is 14.5 Å². The number of hydrogen-bond donors (Lipinski definition) is 1. The molecule has 1 aromatic heterocycles. The number of fused-ring (bicyclic) bond motifs is 1. The number of benzene rings is 2. The van der Waals surface area contributed by atoms with E-state index in [2.05, 4.69) is 9.97 Å². The van der Waals surface area contributed by atoms with E-state index in [1.54, 1.807) is 18.2 Å². The second-order valence-corrected chi connectivity index (χ2v) is 4.41. The van der Waals surface area contributed by atoms with Crippen LogP contribution in [0.3, 0.4) is 0 Å². The Morgan fingerprint density at radius 1 is 1.00 bits per heavy atom. The summed E-state index contributed by atoms with van der Waals surface area (Å²) in [7, 11) is 3.06. The molecular weight excluding hydrogens is 278 g/mol. The van der Waals surface area contributed by atoms with Gasteiger partial charge in [0, 0.05) is 5.56 Å². The SMILES string of the molecule is COc1ccc(-c2nc3c(F)c(F)ccc3[nH]2)cc1OC. The molecule has 0 bridgehead atoms. The molecule has 3 rings (SSSR count). The fraction of sp³-hybridized carbons (Fsp3) is 0.133. The van der Waals surface area contributed by atoms with Gasteiger partial charge in [0.1, 0.15) is 11.3 Å². The number of rotatable bonds is 3. The number of H-pyrrole nitrogens is 1. The van der Waals surface area contributed by atoms with Crippen molar-refractivity contribution in [1.29, 1.82) is 0 Å². The van der Waals surface area contributed by atoms with E-state index in [0.717, 1.165) is 6.07 Å². The molecule has 0 fully saturated rings. The Kier molecular flexibility index (Phi) is 3.21. The largest absolute Gasteiger partial charge is 0.493 e. The summed E-state index contributed by atoms with van der Waals surface area (Å²) in [4.78, 5) is 7.06. The number of aromatic nitrogens is 2. The minimum absolute atomic E-state index is 0.0280. The van der Waals surface area contributed by atoms with E-state index in [0.29, 0.717) is 28.4 Å². The highest BCUT2D eigenvalue weighted by molar-refractivity contribution is 5.80. The maximum Gasteiger partial charge on any atom is 0.186 e. The number of halogens is 2. The minimum atomic E-state index is -0.963. The zero-order valence-corrected chi connectivity index (χ0v) is 11.4. The molecule has 2 aromatic carbocycles. The molecule has 6 heteroatoms. The first-order chi connectivity index (χ1) is 10.1. The molecule has 1 N–H and O–H groups in total. The van der Waals surface area contributed by atoms with Crippen LogP contribution in [0.25, 0.3) is 22.4 Å². The molecule has 1 heterocycles. The van der Waals surface area contributed by atoms with Crippen molar-refractivity contribution in [1.82, 2.24) is 9.97 Å². The van der Waals surface area contributed by atoms with E-state index >= 15 is 0 Å². The standard InChI is InChI=1S/C15H12F2N2O2/c1-20-11-6-3-8(7-12(11)21-2)15-18-10-5-4-9(16)13(17)14(10)19-15/h3-7H,1-2H3,(H,18,19). The molecule has 108 valence electrons. The Bertz CT molecular complexity index is 815. The van der Waals surface area contributed by atoms with Crippen LogP contribution in [0, 0.1) is 11.6 Å². The molecule has 0 aliphatic carbocycles. The molecule has 3 aromatic rings. The van der Waals surface area contributed by atoms with Crippen LogP contribution in [0.2, 0.25) is 0 Å². The Labute approximate surface area is 119 Å². The zero-order valence-electron chi connectivity index (χ0n) is 11.4. The lowest BCUT2D eigenvalue weighted by molar-refractivity contribution is 0.355. The molecule has 0 atom stereocenters. The topological polar surface area (TPSA) is 47.1 Å². The van der Waals surface area contributed by atoms with Crippen molar-refractivity contribution in [3.05, 3.63) is 42.0 Å². The third-order valence-electron chi connectivity index (χ3n) is 3.20. The number of imidazole rings is 1. The predicted octanol–water partition coefficient (Wildman–Crippen LogP) is 3.53. The summed E-state index contributed by atoms with van der Waals surface area (Å²) < 4.78 is 37.3. The van der Waals surface area contributed by atoms with Crippen molar-refractivity contribution in [3.63, 3.8) is 0 Å². The van der Waals surface area contributed by atoms with Crippen molar-refractivity contribution in [2.24, 2.45) is 0 Å². The highest BCUT2D eigenvalue weighted by atomic mass is 19.2. The third-order valence-corrected chi connectivity index (χ3v) is 3.20. The Morgan fingerprint density at radius 2 is 1.76 bits per heavy atom. The summed E-state index contributed by atoms with van der Waals surface area (Å²) >= 11 is 0. The van der Waals surface area contributed by atoms with E-state index in [1.165, 1.54) is 20.3 Å². The molecule has 0 aliphatic rings. The van der Waals surface area contributed by atoms with E-state index in [1.807, 2.05) is 0 Å². The van der Waals surface area contributed by atoms with Crippen molar-refractivity contribution in [2.45, 2.75) is 0 Å². The first kappa shape index (κ1) is 13.4. The van der Waals surface area contributed by atoms with Crippen LogP contribution in [-0.2, 0) is 0 Å². The normalized spacial score (nSPS) is 10.9. The number of hydrogen-bond acceptors (Lipinski definition) is 3. The van der Waals surface area contributed by atoms with Gasteiger partial charge in [-0.25, -0.2) is 13.8 Å². The Hall–Kier alpha value is -2.63. The van der Waals surface area contributed by atoms with Crippen molar-refractivity contribution >= 4 is 11.0 Å². The fourth-order valence-corrected chi connectivity index (χ4v) is 2.14. The molecule has 4 nitrogen and oxygen atoms in total. The lowest BCUT2D eigenvalue weighted by atomic mass is 10.2. The molecule has 0 unspecified atom stereocenters. The predicted molar refractivity (Wildman–Crippen MR) is 74.5 cm³/mol. The average molecular weight is 290 g/mol. The van der Waals surface area contributed by atoms with Gasteiger partial charge in [-0.1, -0.05) is 0 Å². The monoisotopic (exact) mass is 290 g/mol. The second kappa shape index (κ2) is 5.05. The molecule has 0 amide bonds. The van der Waals surface area contributed by atoms with E-state index < -0.39 is 11.6 Å². The lowest BCUT2D eigenvalue weighted by Gasteiger charge is -2.08. The first-order valence-electron chi connectivity index (χ1n) is 6.20. The smallest absolute Gasteiger partial charge is 0.186 e. The van der Waals surface area contributed by atoms with Crippen LogP contribution in [0.4, 0.5) is 8.78 Å². The van der Waals surface area contributed by atoms with Gasteiger partial charge in [-0.15, -0.1) is 0 Å². The highest BCUT2D eigenvalue weighted by Gasteiger charge is 2.14. The van der Waals surface area contributed by atoms with Crippen LogP contribution in [0.1, 0.15) is 0 Å². The van der Waals surface area contributed by atoms with Gasteiger partial charge in [0.25, 0.3) is 0 Å². The van der Waals surface area contributed by atoms with Crippen LogP contribution in [0.15, 0.2) is 30.3 Å². The summed E-state index contributed by atoms with van der Waals surface area (Å²) in [6, 6.07) is 7.70. The maximum atomic E-state index is 13.7. The highest BCUT2D eigenvalue weighted by Crippen LogP contribution is 2.32. The summed E-state index contributed by atoms with van der Waals surface area (Å²) in [5.74, 6) is -0.351. The summed E-state index contributed by atoms with van der Waals surface area (Å²) in [5.41, 5.74) is 1.09. The summed E-state index contributed by atoms with van der Waals surface area (Å²) in [5, 5.41) is 0. The van der Waals surface area contributed by atoms with Crippen molar-refractivity contribution in [2.75, 3.05) is 14.2 Å². The number of nitrogens with one attached hydrogen (secondary N) is 1. The molecule has 21 heavy (non-hydrogen) atoms. The molecule has 0 spiro atoms. The van der Waals surface area contributed by atoms with Crippen LogP contribution in [-0.4, -0.2) is 24.2 Å². The van der Waals surface area contributed by atoms with Crippen LogP contribution >= 0.6 is 0 Å². The minimum Gasteiger partial charge on any atom is -0.493 e.